The smallest absolute Gasteiger partial charge is 0.234 e. The van der Waals surface area contributed by atoms with Gasteiger partial charge in [0.2, 0.25) is 5.91 Å². The third-order valence-electron chi connectivity index (χ3n) is 6.73. The van der Waals surface area contributed by atoms with E-state index in [1.807, 2.05) is 30.5 Å². The number of hydrogen-bond donors (Lipinski definition) is 3. The SMILES string of the molecule is CCCCOc1ccc(C2CC3C4NN=C(SCC(=O)Nc5ccc(CC)cc5)N4C=CN3N2)cc1. The highest BCUT2D eigenvalue weighted by Gasteiger charge is 2.44. The molecule has 3 atom stereocenters. The van der Waals surface area contributed by atoms with E-state index in [0.29, 0.717) is 5.75 Å². The first-order chi connectivity index (χ1) is 17.6. The highest BCUT2D eigenvalue weighted by atomic mass is 32.2. The molecule has 0 spiro atoms. The van der Waals surface area contributed by atoms with Crippen LogP contribution in [0.3, 0.4) is 0 Å². The minimum atomic E-state index is -0.0391. The zero-order valence-corrected chi connectivity index (χ0v) is 21.6. The van der Waals surface area contributed by atoms with Crippen LogP contribution in [0, 0.1) is 0 Å². The summed E-state index contributed by atoms with van der Waals surface area (Å²) in [6.07, 6.45) is 8.23. The Balaban J connectivity index is 1.13. The molecule has 3 aliphatic heterocycles. The Bertz CT molecular complexity index is 1100. The number of ether oxygens (including phenoxy) is 1. The van der Waals surface area contributed by atoms with Crippen molar-refractivity contribution >= 4 is 28.5 Å². The fourth-order valence-corrected chi connectivity index (χ4v) is 5.42. The van der Waals surface area contributed by atoms with Gasteiger partial charge in [0.15, 0.2) is 5.17 Å². The van der Waals surface area contributed by atoms with Crippen molar-refractivity contribution in [2.75, 3.05) is 17.7 Å². The van der Waals surface area contributed by atoms with Crippen molar-refractivity contribution in [3.05, 3.63) is 72.1 Å². The number of hydrazone groups is 1. The fraction of sp³-hybridized carbons (Fsp3) is 0.407. The highest BCUT2D eigenvalue weighted by Crippen LogP contribution is 2.35. The van der Waals surface area contributed by atoms with Crippen molar-refractivity contribution in [3.63, 3.8) is 0 Å². The second kappa shape index (κ2) is 11.3. The average molecular weight is 507 g/mol. The number of thioether (sulfide) groups is 1. The number of unbranched alkanes of at least 4 members (excludes halogenated alkanes) is 1. The van der Waals surface area contributed by atoms with E-state index >= 15 is 0 Å². The summed E-state index contributed by atoms with van der Waals surface area (Å²) in [5.74, 6) is 1.18. The number of nitrogens with zero attached hydrogens (tertiary/aromatic N) is 3. The summed E-state index contributed by atoms with van der Waals surface area (Å²) in [6.45, 7) is 5.04. The molecule has 2 aromatic carbocycles. The van der Waals surface area contributed by atoms with Crippen LogP contribution in [0.25, 0.3) is 0 Å². The number of aryl methyl sites for hydroxylation is 1. The predicted molar refractivity (Wildman–Crippen MR) is 145 cm³/mol. The van der Waals surface area contributed by atoms with Crippen molar-refractivity contribution < 1.29 is 9.53 Å². The predicted octanol–water partition coefficient (Wildman–Crippen LogP) is 4.41. The van der Waals surface area contributed by atoms with Gasteiger partial charge in [-0.3, -0.25) is 10.2 Å². The molecule has 190 valence electrons. The number of carbonyl (C=O) groups is 1. The van der Waals surface area contributed by atoms with Crippen LogP contribution in [-0.4, -0.2) is 45.6 Å². The van der Waals surface area contributed by atoms with Crippen molar-refractivity contribution in [2.24, 2.45) is 5.10 Å². The van der Waals surface area contributed by atoms with Gasteiger partial charge in [0.05, 0.1) is 24.4 Å². The lowest BCUT2D eigenvalue weighted by molar-refractivity contribution is -0.113. The van der Waals surface area contributed by atoms with Gasteiger partial charge >= 0.3 is 0 Å². The number of benzene rings is 2. The van der Waals surface area contributed by atoms with Crippen molar-refractivity contribution in [2.45, 2.75) is 57.8 Å². The van der Waals surface area contributed by atoms with Gasteiger partial charge in [-0.05, 0) is 54.7 Å². The first-order valence-electron chi connectivity index (χ1n) is 12.7. The number of carbonyl (C=O) groups excluding carboxylic acids is 1. The molecule has 2 aromatic rings. The van der Waals surface area contributed by atoms with E-state index in [1.165, 1.54) is 22.9 Å². The number of rotatable bonds is 9. The summed E-state index contributed by atoms with van der Waals surface area (Å²) in [5.41, 5.74) is 10.2. The largest absolute Gasteiger partial charge is 0.494 e. The summed E-state index contributed by atoms with van der Waals surface area (Å²) in [6, 6.07) is 16.8. The molecule has 1 fully saturated rings. The molecule has 36 heavy (non-hydrogen) atoms. The second-order valence-corrected chi connectivity index (χ2v) is 10.2. The lowest BCUT2D eigenvalue weighted by atomic mass is 10.00. The quantitative estimate of drug-likeness (QED) is 0.435. The highest BCUT2D eigenvalue weighted by molar-refractivity contribution is 8.14. The van der Waals surface area contributed by atoms with Crippen LogP contribution >= 0.6 is 11.8 Å². The summed E-state index contributed by atoms with van der Waals surface area (Å²) >= 11 is 1.44. The van der Waals surface area contributed by atoms with Gasteiger partial charge in [0.1, 0.15) is 11.9 Å². The standard InChI is InChI=1S/C27H34N6O2S/c1-3-5-16-35-22-12-8-20(9-13-22)23-17-24-26-29-30-27(32(26)14-15-33(24)31-23)36-18-25(34)28-21-10-6-19(4-2)7-11-21/h6-15,23-24,26,29,31H,3-5,16-18H2,1-2H3,(H,28,34). The molecule has 8 nitrogen and oxygen atoms in total. The normalized spacial score (nSPS) is 22.1. The molecule has 3 N–H and O–H groups in total. The molecule has 9 heteroatoms. The number of anilines is 1. The van der Waals surface area contributed by atoms with E-state index < -0.39 is 0 Å². The first-order valence-corrected chi connectivity index (χ1v) is 13.7. The lowest BCUT2D eigenvalue weighted by Gasteiger charge is -2.36. The Labute approximate surface area is 217 Å². The van der Waals surface area contributed by atoms with E-state index in [-0.39, 0.29) is 24.2 Å². The Morgan fingerprint density at radius 1 is 1.14 bits per heavy atom. The van der Waals surface area contributed by atoms with E-state index in [4.69, 9.17) is 4.74 Å². The number of nitrogens with one attached hydrogen (secondary N) is 3. The van der Waals surface area contributed by atoms with E-state index in [2.05, 4.69) is 75.5 Å². The van der Waals surface area contributed by atoms with Crippen molar-refractivity contribution in [3.8, 4) is 5.75 Å². The molecule has 0 saturated carbocycles. The monoisotopic (exact) mass is 506 g/mol. The maximum absolute atomic E-state index is 12.5. The van der Waals surface area contributed by atoms with E-state index in [9.17, 15) is 4.79 Å². The zero-order valence-electron chi connectivity index (χ0n) is 20.8. The molecule has 0 aliphatic carbocycles. The molecule has 3 aliphatic rings. The number of hydrogen-bond acceptors (Lipinski definition) is 8. The minimum Gasteiger partial charge on any atom is -0.494 e. The Morgan fingerprint density at radius 2 is 1.94 bits per heavy atom. The molecule has 0 bridgehead atoms. The second-order valence-electron chi connectivity index (χ2n) is 9.22. The van der Waals surface area contributed by atoms with E-state index in [0.717, 1.165) is 48.9 Å². The summed E-state index contributed by atoms with van der Waals surface area (Å²) in [4.78, 5) is 14.6. The van der Waals surface area contributed by atoms with Gasteiger partial charge in [0, 0.05) is 18.1 Å². The summed E-state index contributed by atoms with van der Waals surface area (Å²) in [7, 11) is 0. The van der Waals surface area contributed by atoms with Gasteiger partial charge in [-0.25, -0.2) is 5.43 Å². The molecular weight excluding hydrogens is 472 g/mol. The van der Waals surface area contributed by atoms with Crippen LogP contribution in [0.2, 0.25) is 0 Å². The number of hydrazine groups is 1. The minimum absolute atomic E-state index is 0.0244. The number of amides is 1. The molecule has 3 unspecified atom stereocenters. The molecule has 3 heterocycles. The van der Waals surface area contributed by atoms with Crippen LogP contribution < -0.4 is 20.9 Å². The van der Waals surface area contributed by atoms with Crippen LogP contribution in [-0.2, 0) is 11.2 Å². The van der Waals surface area contributed by atoms with Gasteiger partial charge in [0.25, 0.3) is 0 Å². The van der Waals surface area contributed by atoms with Crippen LogP contribution in [0.4, 0.5) is 5.69 Å². The van der Waals surface area contributed by atoms with Crippen molar-refractivity contribution in [1.29, 1.82) is 0 Å². The summed E-state index contributed by atoms with van der Waals surface area (Å²) < 4.78 is 5.80. The molecule has 1 amide bonds. The Hall–Kier alpha value is -3.17. The molecule has 1 saturated heterocycles. The van der Waals surface area contributed by atoms with Gasteiger partial charge in [-0.1, -0.05) is 56.3 Å². The maximum atomic E-state index is 12.5. The first kappa shape index (κ1) is 24.5. The van der Waals surface area contributed by atoms with Crippen LogP contribution in [0.15, 0.2) is 66.0 Å². The molecule has 0 aromatic heterocycles. The van der Waals surface area contributed by atoms with E-state index in [1.54, 1.807) is 0 Å². The fourth-order valence-electron chi connectivity index (χ4n) is 4.65. The topological polar surface area (TPSA) is 81.2 Å². The van der Waals surface area contributed by atoms with Gasteiger partial charge in [-0.2, -0.15) is 5.10 Å². The zero-order chi connectivity index (χ0) is 24.9. The maximum Gasteiger partial charge on any atom is 0.234 e. The van der Waals surface area contributed by atoms with Crippen molar-refractivity contribution in [1.82, 2.24) is 20.8 Å². The van der Waals surface area contributed by atoms with Gasteiger partial charge in [-0.15, -0.1) is 0 Å². The van der Waals surface area contributed by atoms with Crippen LogP contribution in [0.1, 0.15) is 50.3 Å². The number of amidine groups is 1. The average Bonchev–Trinajstić information content (AvgIpc) is 3.53. The summed E-state index contributed by atoms with van der Waals surface area (Å²) in [5, 5.41) is 10.5. The third-order valence-corrected chi connectivity index (χ3v) is 7.70. The molecule has 0 radical (unpaired) electrons. The van der Waals surface area contributed by atoms with Crippen LogP contribution in [0.5, 0.6) is 5.75 Å². The Morgan fingerprint density at radius 3 is 2.69 bits per heavy atom. The number of fused-ring (bicyclic) bond motifs is 3. The molecular formula is C27H34N6O2S. The third kappa shape index (κ3) is 5.47. The molecule has 5 rings (SSSR count). The van der Waals surface area contributed by atoms with Gasteiger partial charge < -0.3 is 20.0 Å². The Kier molecular flexibility index (Phi) is 7.67. The lowest BCUT2D eigenvalue weighted by Crippen LogP contribution is -2.54.